The lowest BCUT2D eigenvalue weighted by Crippen LogP contribution is -2.45. The summed E-state index contributed by atoms with van der Waals surface area (Å²) in [4.78, 5) is 2.39. The van der Waals surface area contributed by atoms with Gasteiger partial charge in [0.15, 0.2) is 0 Å². The number of nitrogens with one attached hydrogen (secondary N) is 1. The number of halogens is 1. The Morgan fingerprint density at radius 2 is 1.62 bits per heavy atom. The molecule has 0 aliphatic carbocycles. The number of piperazine rings is 1. The summed E-state index contributed by atoms with van der Waals surface area (Å²) in [6.07, 6.45) is 0.644. The van der Waals surface area contributed by atoms with Crippen LogP contribution in [0.15, 0.2) is 12.1 Å². The van der Waals surface area contributed by atoms with Crippen molar-refractivity contribution >= 4 is 12.4 Å². The second-order valence-corrected chi connectivity index (χ2v) is 9.28. The molecule has 1 atom stereocenters. The summed E-state index contributed by atoms with van der Waals surface area (Å²) in [6, 6.07) is 4.37. The first kappa shape index (κ1) is 23.2. The van der Waals surface area contributed by atoms with E-state index in [4.69, 9.17) is 0 Å². The number of nitrogens with zero attached hydrogens (tertiary/aromatic N) is 1. The van der Waals surface area contributed by atoms with Gasteiger partial charge >= 0.3 is 0 Å². The molecular weight excluding hydrogens is 348 g/mol. The van der Waals surface area contributed by atoms with E-state index in [-0.39, 0.29) is 35.9 Å². The monoisotopic (exact) mass is 384 g/mol. The van der Waals surface area contributed by atoms with Crippen LogP contribution in [0.4, 0.5) is 0 Å². The molecule has 5 heteroatoms. The van der Waals surface area contributed by atoms with Crippen molar-refractivity contribution < 1.29 is 10.2 Å². The molecule has 0 aromatic heterocycles. The van der Waals surface area contributed by atoms with Gasteiger partial charge in [-0.15, -0.1) is 12.4 Å². The van der Waals surface area contributed by atoms with Gasteiger partial charge in [0, 0.05) is 44.4 Å². The van der Waals surface area contributed by atoms with E-state index in [0.717, 1.165) is 37.3 Å². The molecule has 0 bridgehead atoms. The second-order valence-electron chi connectivity index (χ2n) is 9.28. The summed E-state index contributed by atoms with van der Waals surface area (Å²) in [5.41, 5.74) is 3.08. The molecule has 0 saturated carbocycles. The molecule has 1 aliphatic rings. The fourth-order valence-corrected chi connectivity index (χ4v) is 3.57. The SMILES string of the molecule is CC(C)(C)c1cc([C@@H](CCO)N2CCNCC2)c(O)c(C(C)(C)C)c1.Cl. The average Bonchev–Trinajstić information content (AvgIpc) is 2.52. The maximum Gasteiger partial charge on any atom is 0.124 e. The lowest BCUT2D eigenvalue weighted by Gasteiger charge is -2.37. The molecule has 0 radical (unpaired) electrons. The molecule has 0 amide bonds. The topological polar surface area (TPSA) is 55.7 Å². The largest absolute Gasteiger partial charge is 0.507 e. The van der Waals surface area contributed by atoms with Crippen LogP contribution in [0.25, 0.3) is 0 Å². The highest BCUT2D eigenvalue weighted by Gasteiger charge is 2.30. The van der Waals surface area contributed by atoms with Gasteiger partial charge in [-0.2, -0.15) is 0 Å². The molecule has 1 fully saturated rings. The van der Waals surface area contributed by atoms with Gasteiger partial charge in [-0.05, 0) is 34.4 Å². The van der Waals surface area contributed by atoms with E-state index in [1.165, 1.54) is 5.56 Å². The van der Waals surface area contributed by atoms with Gasteiger partial charge in [0.1, 0.15) is 5.75 Å². The Morgan fingerprint density at radius 1 is 1.04 bits per heavy atom. The zero-order valence-electron chi connectivity index (χ0n) is 17.2. The van der Waals surface area contributed by atoms with Crippen LogP contribution in [-0.4, -0.2) is 47.9 Å². The smallest absolute Gasteiger partial charge is 0.124 e. The zero-order chi connectivity index (χ0) is 18.8. The fourth-order valence-electron chi connectivity index (χ4n) is 3.57. The predicted molar refractivity (Wildman–Crippen MR) is 112 cm³/mol. The van der Waals surface area contributed by atoms with Gasteiger partial charge in [-0.1, -0.05) is 47.6 Å². The van der Waals surface area contributed by atoms with E-state index in [2.05, 4.69) is 63.9 Å². The first-order valence-electron chi connectivity index (χ1n) is 9.49. The fraction of sp³-hybridized carbons (Fsp3) is 0.714. The van der Waals surface area contributed by atoms with Crippen LogP contribution in [0.5, 0.6) is 5.75 Å². The molecule has 0 spiro atoms. The minimum absolute atomic E-state index is 0. The number of phenolic OH excluding ortho intramolecular Hbond substituents is 1. The zero-order valence-corrected chi connectivity index (χ0v) is 18.0. The highest BCUT2D eigenvalue weighted by molar-refractivity contribution is 5.85. The van der Waals surface area contributed by atoms with E-state index < -0.39 is 0 Å². The van der Waals surface area contributed by atoms with Crippen molar-refractivity contribution in [3.05, 3.63) is 28.8 Å². The number of aliphatic hydroxyl groups excluding tert-OH is 1. The maximum absolute atomic E-state index is 11.1. The highest BCUT2D eigenvalue weighted by atomic mass is 35.5. The number of hydrogen-bond donors (Lipinski definition) is 3. The molecule has 2 rings (SSSR count). The molecule has 1 aromatic carbocycles. The Kier molecular flexibility index (Phi) is 7.97. The van der Waals surface area contributed by atoms with Crippen molar-refractivity contribution in [1.82, 2.24) is 10.2 Å². The van der Waals surface area contributed by atoms with Crippen LogP contribution >= 0.6 is 12.4 Å². The number of rotatable bonds is 4. The quantitative estimate of drug-likeness (QED) is 0.740. The van der Waals surface area contributed by atoms with Crippen LogP contribution in [-0.2, 0) is 10.8 Å². The lowest BCUT2D eigenvalue weighted by atomic mass is 9.77. The molecule has 0 unspecified atom stereocenters. The van der Waals surface area contributed by atoms with E-state index in [9.17, 15) is 10.2 Å². The maximum atomic E-state index is 11.1. The first-order chi connectivity index (χ1) is 11.6. The number of benzene rings is 1. The van der Waals surface area contributed by atoms with Crippen LogP contribution in [0.2, 0.25) is 0 Å². The van der Waals surface area contributed by atoms with Crippen molar-refractivity contribution in [2.24, 2.45) is 0 Å². The number of hydrogen-bond acceptors (Lipinski definition) is 4. The average molecular weight is 385 g/mol. The Hall–Kier alpha value is -0.810. The van der Waals surface area contributed by atoms with Crippen LogP contribution in [0.3, 0.4) is 0 Å². The van der Waals surface area contributed by atoms with Gasteiger partial charge in [0.05, 0.1) is 0 Å². The Balaban J connectivity index is 0.00000338. The van der Waals surface area contributed by atoms with Gasteiger partial charge in [0.2, 0.25) is 0 Å². The van der Waals surface area contributed by atoms with Crippen molar-refractivity contribution in [2.45, 2.75) is 64.8 Å². The first-order valence-corrected chi connectivity index (χ1v) is 9.49. The van der Waals surface area contributed by atoms with Crippen LogP contribution in [0, 0.1) is 0 Å². The minimum atomic E-state index is -0.132. The third-order valence-corrected chi connectivity index (χ3v) is 5.17. The summed E-state index contributed by atoms with van der Waals surface area (Å²) >= 11 is 0. The molecule has 1 aromatic rings. The van der Waals surface area contributed by atoms with Crippen molar-refractivity contribution in [3.8, 4) is 5.75 Å². The highest BCUT2D eigenvalue weighted by Crippen LogP contribution is 2.42. The molecule has 1 heterocycles. The van der Waals surface area contributed by atoms with Gasteiger partial charge in [0.25, 0.3) is 0 Å². The van der Waals surface area contributed by atoms with Crippen molar-refractivity contribution in [1.29, 1.82) is 0 Å². The molecule has 4 nitrogen and oxygen atoms in total. The number of aliphatic hydroxyl groups is 1. The summed E-state index contributed by atoms with van der Waals surface area (Å²) in [5.74, 6) is 0.400. The summed E-state index contributed by atoms with van der Waals surface area (Å²) in [5, 5.41) is 24.2. The molecule has 150 valence electrons. The molecule has 1 aliphatic heterocycles. The Morgan fingerprint density at radius 3 is 2.08 bits per heavy atom. The lowest BCUT2D eigenvalue weighted by molar-refractivity contribution is 0.139. The van der Waals surface area contributed by atoms with E-state index in [1.54, 1.807) is 0 Å². The molecular formula is C21H37ClN2O2. The molecule has 3 N–H and O–H groups in total. The van der Waals surface area contributed by atoms with Crippen LogP contribution < -0.4 is 5.32 Å². The standard InChI is InChI=1S/C21H36N2O2.ClH/c1-20(2,3)15-13-16(19(25)17(14-15)21(4,5)6)18(7-12-24)23-10-8-22-9-11-23;/h13-14,18,22,24-25H,7-12H2,1-6H3;1H/t18-;/m1./s1. The van der Waals surface area contributed by atoms with E-state index in [1.807, 2.05) is 0 Å². The molecule has 1 saturated heterocycles. The third-order valence-electron chi connectivity index (χ3n) is 5.17. The Bertz CT molecular complexity index is 585. The van der Waals surface area contributed by atoms with E-state index >= 15 is 0 Å². The summed E-state index contributed by atoms with van der Waals surface area (Å²) in [6.45, 7) is 17.0. The van der Waals surface area contributed by atoms with E-state index in [0.29, 0.717) is 12.2 Å². The normalized spacial score (nSPS) is 17.7. The summed E-state index contributed by atoms with van der Waals surface area (Å²) in [7, 11) is 0. The van der Waals surface area contributed by atoms with Crippen molar-refractivity contribution in [3.63, 3.8) is 0 Å². The number of aromatic hydroxyl groups is 1. The minimum Gasteiger partial charge on any atom is -0.507 e. The summed E-state index contributed by atoms with van der Waals surface area (Å²) < 4.78 is 0. The Labute approximate surface area is 165 Å². The second kappa shape index (κ2) is 8.92. The van der Waals surface area contributed by atoms with Crippen molar-refractivity contribution in [2.75, 3.05) is 32.8 Å². The predicted octanol–water partition coefficient (Wildman–Crippen LogP) is 3.74. The van der Waals surface area contributed by atoms with Crippen LogP contribution in [0.1, 0.15) is 70.7 Å². The van der Waals surface area contributed by atoms with Gasteiger partial charge in [-0.25, -0.2) is 0 Å². The van der Waals surface area contributed by atoms with Gasteiger partial charge < -0.3 is 15.5 Å². The third kappa shape index (κ3) is 5.35. The number of phenols is 1. The van der Waals surface area contributed by atoms with Gasteiger partial charge in [-0.3, -0.25) is 4.90 Å². The molecule has 26 heavy (non-hydrogen) atoms.